The summed E-state index contributed by atoms with van der Waals surface area (Å²) in [6, 6.07) is 0. The summed E-state index contributed by atoms with van der Waals surface area (Å²) >= 11 is 3.44. The number of aromatic nitrogens is 1. The van der Waals surface area contributed by atoms with Crippen molar-refractivity contribution in [2.24, 2.45) is 5.92 Å². The molecule has 2 heterocycles. The number of carbonyl (C=O) groups is 1. The van der Waals surface area contributed by atoms with Crippen molar-refractivity contribution in [3.63, 3.8) is 0 Å². The average molecular weight is 272 g/mol. The SMILES string of the molecule is Cc1sc(NCC2CCSCC2)nc1C(=O)O. The first-order valence-corrected chi connectivity index (χ1v) is 7.66. The molecule has 0 saturated carbocycles. The van der Waals surface area contributed by atoms with E-state index in [1.54, 1.807) is 6.92 Å². The van der Waals surface area contributed by atoms with E-state index in [1.165, 1.54) is 35.7 Å². The van der Waals surface area contributed by atoms with Gasteiger partial charge >= 0.3 is 5.97 Å². The van der Waals surface area contributed by atoms with Crippen LogP contribution in [-0.2, 0) is 0 Å². The van der Waals surface area contributed by atoms with Crippen LogP contribution in [0.4, 0.5) is 5.13 Å². The van der Waals surface area contributed by atoms with Gasteiger partial charge in [-0.1, -0.05) is 0 Å². The summed E-state index contributed by atoms with van der Waals surface area (Å²) in [5, 5.41) is 12.9. The van der Waals surface area contributed by atoms with Gasteiger partial charge in [-0.2, -0.15) is 11.8 Å². The second kappa shape index (κ2) is 5.73. The highest BCUT2D eigenvalue weighted by molar-refractivity contribution is 7.99. The highest BCUT2D eigenvalue weighted by Gasteiger charge is 2.16. The molecule has 0 amide bonds. The second-order valence-corrected chi connectivity index (χ2v) is 6.59. The highest BCUT2D eigenvalue weighted by Crippen LogP contribution is 2.25. The number of carboxylic acids is 1. The van der Waals surface area contributed by atoms with Crippen molar-refractivity contribution in [2.75, 3.05) is 23.4 Å². The van der Waals surface area contributed by atoms with Gasteiger partial charge in [0.25, 0.3) is 0 Å². The average Bonchev–Trinajstić information content (AvgIpc) is 2.69. The van der Waals surface area contributed by atoms with E-state index < -0.39 is 5.97 Å². The van der Waals surface area contributed by atoms with Gasteiger partial charge in [0.1, 0.15) is 0 Å². The third kappa shape index (κ3) is 3.35. The van der Waals surface area contributed by atoms with E-state index >= 15 is 0 Å². The predicted octanol–water partition coefficient (Wildman–Crippen LogP) is 2.70. The zero-order valence-electron chi connectivity index (χ0n) is 9.73. The van der Waals surface area contributed by atoms with Gasteiger partial charge < -0.3 is 10.4 Å². The van der Waals surface area contributed by atoms with E-state index in [-0.39, 0.29) is 5.69 Å². The van der Waals surface area contributed by atoms with Gasteiger partial charge in [-0.15, -0.1) is 11.3 Å². The zero-order valence-corrected chi connectivity index (χ0v) is 11.4. The van der Waals surface area contributed by atoms with E-state index in [0.717, 1.165) is 16.6 Å². The number of anilines is 1. The van der Waals surface area contributed by atoms with Crippen LogP contribution in [0.15, 0.2) is 0 Å². The molecule has 1 aromatic rings. The molecule has 2 N–H and O–H groups in total. The molecular formula is C11H16N2O2S2. The normalized spacial score (nSPS) is 17.0. The molecule has 0 radical (unpaired) electrons. The summed E-state index contributed by atoms with van der Waals surface area (Å²) < 4.78 is 0. The molecule has 1 saturated heterocycles. The van der Waals surface area contributed by atoms with E-state index in [2.05, 4.69) is 10.3 Å². The molecule has 0 bridgehead atoms. The molecule has 94 valence electrons. The Bertz CT molecular complexity index is 400. The zero-order chi connectivity index (χ0) is 12.3. The van der Waals surface area contributed by atoms with E-state index in [1.807, 2.05) is 11.8 Å². The van der Waals surface area contributed by atoms with Gasteiger partial charge in [0, 0.05) is 11.4 Å². The first kappa shape index (κ1) is 12.7. The number of aromatic carboxylic acids is 1. The van der Waals surface area contributed by atoms with E-state index in [9.17, 15) is 4.79 Å². The number of carboxylic acid groups (broad SMARTS) is 1. The number of nitrogens with one attached hydrogen (secondary N) is 1. The minimum Gasteiger partial charge on any atom is -0.476 e. The standard InChI is InChI=1S/C11H16N2O2S2/c1-7-9(10(14)15)13-11(17-7)12-6-8-2-4-16-5-3-8/h8H,2-6H2,1H3,(H,12,13)(H,14,15). The minimum atomic E-state index is -0.944. The smallest absolute Gasteiger partial charge is 0.355 e. The summed E-state index contributed by atoms with van der Waals surface area (Å²) in [6.07, 6.45) is 2.49. The monoisotopic (exact) mass is 272 g/mol. The van der Waals surface area contributed by atoms with Crippen molar-refractivity contribution in [2.45, 2.75) is 19.8 Å². The van der Waals surface area contributed by atoms with Gasteiger partial charge in [-0.25, -0.2) is 9.78 Å². The molecule has 0 aromatic carbocycles. The number of thiazole rings is 1. The van der Waals surface area contributed by atoms with Crippen molar-refractivity contribution in [1.29, 1.82) is 0 Å². The fourth-order valence-electron chi connectivity index (χ4n) is 1.85. The van der Waals surface area contributed by atoms with Crippen LogP contribution in [0.2, 0.25) is 0 Å². The fraction of sp³-hybridized carbons (Fsp3) is 0.636. The lowest BCUT2D eigenvalue weighted by atomic mass is 10.0. The van der Waals surface area contributed by atoms with Crippen molar-refractivity contribution in [3.8, 4) is 0 Å². The largest absolute Gasteiger partial charge is 0.476 e. The first-order chi connectivity index (χ1) is 8.16. The lowest BCUT2D eigenvalue weighted by molar-refractivity contribution is 0.0690. The molecule has 0 atom stereocenters. The predicted molar refractivity (Wildman–Crippen MR) is 72.3 cm³/mol. The topological polar surface area (TPSA) is 62.2 Å². The molecular weight excluding hydrogens is 256 g/mol. The maximum Gasteiger partial charge on any atom is 0.355 e. The lowest BCUT2D eigenvalue weighted by Gasteiger charge is -2.21. The molecule has 1 fully saturated rings. The quantitative estimate of drug-likeness (QED) is 0.882. The summed E-state index contributed by atoms with van der Waals surface area (Å²) in [5.74, 6) is 2.24. The number of aryl methyl sites for hydroxylation is 1. The van der Waals surface area contributed by atoms with Gasteiger partial charge in [0.15, 0.2) is 10.8 Å². The van der Waals surface area contributed by atoms with Gasteiger partial charge in [-0.05, 0) is 37.2 Å². The molecule has 4 nitrogen and oxygen atoms in total. The molecule has 0 aliphatic carbocycles. The molecule has 6 heteroatoms. The van der Waals surface area contributed by atoms with Crippen molar-refractivity contribution < 1.29 is 9.90 Å². The lowest BCUT2D eigenvalue weighted by Crippen LogP contribution is -2.19. The van der Waals surface area contributed by atoms with Crippen LogP contribution in [0.5, 0.6) is 0 Å². The second-order valence-electron chi connectivity index (χ2n) is 4.17. The van der Waals surface area contributed by atoms with Crippen LogP contribution >= 0.6 is 23.1 Å². The molecule has 17 heavy (non-hydrogen) atoms. The Labute approximate surface area is 109 Å². The summed E-state index contributed by atoms with van der Waals surface area (Å²) in [4.78, 5) is 15.7. The van der Waals surface area contributed by atoms with Crippen LogP contribution in [0, 0.1) is 12.8 Å². The van der Waals surface area contributed by atoms with Crippen molar-refractivity contribution >= 4 is 34.2 Å². The van der Waals surface area contributed by atoms with Gasteiger partial charge in [-0.3, -0.25) is 0 Å². The summed E-state index contributed by atoms with van der Waals surface area (Å²) in [6.45, 7) is 2.70. The van der Waals surface area contributed by atoms with Crippen LogP contribution in [0.1, 0.15) is 28.2 Å². The molecule has 0 spiro atoms. The molecule has 1 aliphatic heterocycles. The Morgan fingerprint density at radius 3 is 2.82 bits per heavy atom. The Morgan fingerprint density at radius 1 is 1.53 bits per heavy atom. The summed E-state index contributed by atoms with van der Waals surface area (Å²) in [5.41, 5.74) is 0.177. The summed E-state index contributed by atoms with van der Waals surface area (Å²) in [7, 11) is 0. The highest BCUT2D eigenvalue weighted by atomic mass is 32.2. The Kier molecular flexibility index (Phi) is 4.28. The van der Waals surface area contributed by atoms with Crippen molar-refractivity contribution in [1.82, 2.24) is 4.98 Å². The maximum absolute atomic E-state index is 10.9. The molecule has 2 rings (SSSR count). The van der Waals surface area contributed by atoms with Gasteiger partial charge in [0.2, 0.25) is 0 Å². The van der Waals surface area contributed by atoms with Crippen LogP contribution in [-0.4, -0.2) is 34.1 Å². The minimum absolute atomic E-state index is 0.177. The Morgan fingerprint density at radius 2 is 2.24 bits per heavy atom. The van der Waals surface area contributed by atoms with E-state index in [0.29, 0.717) is 5.92 Å². The fourth-order valence-corrected chi connectivity index (χ4v) is 3.87. The number of hydrogen-bond donors (Lipinski definition) is 2. The Hall–Kier alpha value is -0.750. The van der Waals surface area contributed by atoms with Gasteiger partial charge in [0.05, 0.1) is 0 Å². The van der Waals surface area contributed by atoms with Crippen LogP contribution in [0.3, 0.4) is 0 Å². The molecule has 1 aliphatic rings. The number of nitrogens with zero attached hydrogens (tertiary/aromatic N) is 1. The molecule has 0 unspecified atom stereocenters. The van der Waals surface area contributed by atoms with Crippen LogP contribution in [0.25, 0.3) is 0 Å². The maximum atomic E-state index is 10.9. The van der Waals surface area contributed by atoms with Crippen molar-refractivity contribution in [3.05, 3.63) is 10.6 Å². The number of rotatable bonds is 4. The van der Waals surface area contributed by atoms with E-state index in [4.69, 9.17) is 5.11 Å². The Balaban J connectivity index is 1.90. The van der Waals surface area contributed by atoms with Crippen LogP contribution < -0.4 is 5.32 Å². The molecule has 1 aromatic heterocycles. The third-order valence-corrected chi connectivity index (χ3v) is 4.86. The number of hydrogen-bond acceptors (Lipinski definition) is 5. The number of thioether (sulfide) groups is 1. The first-order valence-electron chi connectivity index (χ1n) is 5.69. The third-order valence-electron chi connectivity index (χ3n) is 2.88.